The van der Waals surface area contributed by atoms with Crippen LogP contribution in [0.5, 0.6) is 5.75 Å². The molecule has 4 nitrogen and oxygen atoms in total. The first-order valence-electron chi connectivity index (χ1n) is 8.58. The summed E-state index contributed by atoms with van der Waals surface area (Å²) in [6.07, 6.45) is 1.78. The summed E-state index contributed by atoms with van der Waals surface area (Å²) in [7, 11) is 0. The Balaban J connectivity index is 1.76. The maximum atomic E-state index is 11.0. The van der Waals surface area contributed by atoms with Gasteiger partial charge in [-0.3, -0.25) is 0 Å². The first kappa shape index (κ1) is 21.3. The molecule has 0 aliphatic carbocycles. The number of nitrogens with zero attached hydrogens (tertiary/aromatic N) is 1. The molecule has 0 heterocycles. The van der Waals surface area contributed by atoms with E-state index in [4.69, 9.17) is 9.84 Å². The van der Waals surface area contributed by atoms with Crippen LogP contribution in [0.1, 0.15) is 27.0 Å². The van der Waals surface area contributed by atoms with E-state index >= 15 is 0 Å². The molecule has 0 atom stereocenters. The van der Waals surface area contributed by atoms with Crippen molar-refractivity contribution >= 4 is 62.8 Å². The minimum absolute atomic E-state index is 0.190. The Morgan fingerprint density at radius 3 is 2.24 bits per heavy atom. The zero-order chi connectivity index (χ0) is 20.8. The third kappa shape index (κ3) is 5.81. The molecule has 3 aromatic rings. The number of aromatic carboxylic acids is 1. The number of benzene rings is 3. The van der Waals surface area contributed by atoms with Crippen LogP contribution in [-0.4, -0.2) is 11.1 Å². The molecular formula is C23H15I2NO3. The minimum atomic E-state index is -0.991. The van der Waals surface area contributed by atoms with Gasteiger partial charge in [-0.25, -0.2) is 4.79 Å². The smallest absolute Gasteiger partial charge is 0.335 e. The Hall–Kier alpha value is -2.38. The molecule has 0 aliphatic heterocycles. The van der Waals surface area contributed by atoms with Gasteiger partial charge in [0, 0.05) is 3.57 Å². The first-order chi connectivity index (χ1) is 14.0. The highest BCUT2D eigenvalue weighted by Gasteiger charge is 2.07. The number of carboxylic acid groups (broad SMARTS) is 1. The summed E-state index contributed by atoms with van der Waals surface area (Å²) in [6, 6.07) is 22.4. The molecule has 29 heavy (non-hydrogen) atoms. The highest BCUT2D eigenvalue weighted by atomic mass is 127. The van der Waals surface area contributed by atoms with E-state index in [0.717, 1.165) is 20.4 Å². The summed E-state index contributed by atoms with van der Waals surface area (Å²) in [5.41, 5.74) is 3.30. The van der Waals surface area contributed by atoms with Crippen LogP contribution in [0, 0.1) is 18.5 Å². The Kier molecular flexibility index (Phi) is 7.28. The quantitative estimate of drug-likeness (QED) is 0.205. The predicted octanol–water partition coefficient (Wildman–Crippen LogP) is 6.24. The molecule has 3 rings (SSSR count). The van der Waals surface area contributed by atoms with Crippen molar-refractivity contribution in [2.75, 3.05) is 0 Å². The number of ether oxygens (including phenoxy) is 1. The van der Waals surface area contributed by atoms with Crippen molar-refractivity contribution in [3.8, 4) is 11.8 Å². The summed E-state index contributed by atoms with van der Waals surface area (Å²) in [5.74, 6) is -0.208. The summed E-state index contributed by atoms with van der Waals surface area (Å²) < 4.78 is 8.05. The van der Waals surface area contributed by atoms with Gasteiger partial charge >= 0.3 is 5.97 Å². The van der Waals surface area contributed by atoms with Crippen LogP contribution in [0.4, 0.5) is 0 Å². The maximum absolute atomic E-state index is 11.0. The van der Waals surface area contributed by atoms with E-state index in [-0.39, 0.29) is 5.56 Å². The molecular weight excluding hydrogens is 592 g/mol. The molecule has 1 N–H and O–H groups in total. The van der Waals surface area contributed by atoms with Gasteiger partial charge in [-0.15, -0.1) is 0 Å². The largest absolute Gasteiger partial charge is 0.488 e. The van der Waals surface area contributed by atoms with E-state index in [1.807, 2.05) is 42.5 Å². The number of rotatable bonds is 6. The normalized spacial score (nSPS) is 11.0. The van der Waals surface area contributed by atoms with E-state index < -0.39 is 5.97 Å². The summed E-state index contributed by atoms with van der Waals surface area (Å²) in [6.45, 7) is 0.488. The average molecular weight is 607 g/mol. The molecule has 0 fully saturated rings. The third-order valence-electron chi connectivity index (χ3n) is 4.14. The van der Waals surface area contributed by atoms with Gasteiger partial charge in [-0.2, -0.15) is 5.26 Å². The summed E-state index contributed by atoms with van der Waals surface area (Å²) in [4.78, 5) is 11.0. The molecule has 0 unspecified atom stereocenters. The van der Waals surface area contributed by atoms with Crippen LogP contribution in [0.2, 0.25) is 0 Å². The fourth-order valence-electron chi connectivity index (χ4n) is 2.60. The van der Waals surface area contributed by atoms with E-state index in [9.17, 15) is 10.1 Å². The van der Waals surface area contributed by atoms with Crippen LogP contribution in [0.15, 0.2) is 66.7 Å². The number of hydrogen-bond donors (Lipinski definition) is 1. The van der Waals surface area contributed by atoms with Crippen molar-refractivity contribution < 1.29 is 14.6 Å². The van der Waals surface area contributed by atoms with Gasteiger partial charge in [0.1, 0.15) is 12.4 Å². The second kappa shape index (κ2) is 9.89. The molecule has 0 bridgehead atoms. The lowest BCUT2D eigenvalue weighted by atomic mass is 10.0. The van der Waals surface area contributed by atoms with Gasteiger partial charge in [0.05, 0.1) is 20.8 Å². The molecule has 0 spiro atoms. The lowest BCUT2D eigenvalue weighted by Crippen LogP contribution is -1.97. The van der Waals surface area contributed by atoms with Gasteiger partial charge in [-0.1, -0.05) is 30.3 Å². The number of allylic oxidation sites excluding steroid dienone is 1. The standard InChI is InChI=1S/C23H15I2NO3/c24-20-8-1-15(2-9-20)14-29-22-10-3-16(12-21(22)25)11-19(13-26)17-4-6-18(7-5-17)23(27)28/h1-12H,14H2,(H,27,28)/b19-11-. The van der Waals surface area contributed by atoms with Crippen LogP contribution < -0.4 is 4.74 Å². The lowest BCUT2D eigenvalue weighted by molar-refractivity contribution is 0.0697. The van der Waals surface area contributed by atoms with Crippen LogP contribution >= 0.6 is 45.2 Å². The van der Waals surface area contributed by atoms with Crippen molar-refractivity contribution in [2.24, 2.45) is 0 Å². The molecule has 0 aromatic heterocycles. The van der Waals surface area contributed by atoms with Gasteiger partial charge < -0.3 is 9.84 Å². The highest BCUT2D eigenvalue weighted by molar-refractivity contribution is 14.1. The number of carbonyl (C=O) groups is 1. The van der Waals surface area contributed by atoms with Gasteiger partial charge in [0.25, 0.3) is 0 Å². The number of hydrogen-bond acceptors (Lipinski definition) is 3. The zero-order valence-electron chi connectivity index (χ0n) is 15.1. The molecule has 0 aliphatic rings. The van der Waals surface area contributed by atoms with Crippen LogP contribution in [0.25, 0.3) is 11.6 Å². The molecule has 0 saturated carbocycles. The van der Waals surface area contributed by atoms with Crippen LogP contribution in [-0.2, 0) is 6.61 Å². The Labute approximate surface area is 196 Å². The fraction of sp³-hybridized carbons (Fsp3) is 0.0435. The molecule has 0 amide bonds. The van der Waals surface area contributed by atoms with Crippen LogP contribution in [0.3, 0.4) is 0 Å². The molecule has 3 aromatic carbocycles. The minimum Gasteiger partial charge on any atom is -0.488 e. The first-order valence-corrected chi connectivity index (χ1v) is 10.7. The molecule has 0 saturated heterocycles. The summed E-state index contributed by atoms with van der Waals surface area (Å²) in [5, 5.41) is 18.5. The van der Waals surface area contributed by atoms with Gasteiger partial charge in [0.2, 0.25) is 0 Å². The molecule has 6 heteroatoms. The van der Waals surface area contributed by atoms with Gasteiger partial charge in [0.15, 0.2) is 0 Å². The van der Waals surface area contributed by atoms with Gasteiger partial charge in [-0.05, 0) is 104 Å². The number of nitriles is 1. The average Bonchev–Trinajstić information content (AvgIpc) is 2.72. The predicted molar refractivity (Wildman–Crippen MR) is 130 cm³/mol. The van der Waals surface area contributed by atoms with E-state index in [1.165, 1.54) is 15.7 Å². The van der Waals surface area contributed by atoms with E-state index in [2.05, 4.69) is 51.3 Å². The Morgan fingerprint density at radius 1 is 1.00 bits per heavy atom. The van der Waals surface area contributed by atoms with Crippen molar-refractivity contribution in [1.29, 1.82) is 5.26 Å². The second-order valence-corrected chi connectivity index (χ2v) is 8.57. The number of halogens is 2. The maximum Gasteiger partial charge on any atom is 0.335 e. The molecule has 144 valence electrons. The summed E-state index contributed by atoms with van der Waals surface area (Å²) >= 11 is 4.49. The molecule has 0 radical (unpaired) electrons. The lowest BCUT2D eigenvalue weighted by Gasteiger charge is -2.09. The van der Waals surface area contributed by atoms with E-state index in [1.54, 1.807) is 18.2 Å². The monoisotopic (exact) mass is 607 g/mol. The Morgan fingerprint density at radius 2 is 1.66 bits per heavy atom. The van der Waals surface area contributed by atoms with Crippen molar-refractivity contribution in [2.45, 2.75) is 6.61 Å². The highest BCUT2D eigenvalue weighted by Crippen LogP contribution is 2.26. The SMILES string of the molecule is N#C/C(=C/c1ccc(OCc2ccc(I)cc2)c(I)c1)c1ccc(C(=O)O)cc1. The van der Waals surface area contributed by atoms with E-state index in [0.29, 0.717) is 17.7 Å². The topological polar surface area (TPSA) is 70.3 Å². The zero-order valence-corrected chi connectivity index (χ0v) is 19.4. The Bertz CT molecular complexity index is 1100. The third-order valence-corrected chi connectivity index (χ3v) is 5.70. The van der Waals surface area contributed by atoms with Crippen molar-refractivity contribution in [1.82, 2.24) is 0 Å². The van der Waals surface area contributed by atoms with Crippen molar-refractivity contribution in [3.05, 3.63) is 96.1 Å². The number of carboxylic acids is 1. The van der Waals surface area contributed by atoms with Crippen molar-refractivity contribution in [3.63, 3.8) is 0 Å². The fourth-order valence-corrected chi connectivity index (χ4v) is 3.66. The second-order valence-electron chi connectivity index (χ2n) is 6.16.